The Kier molecular flexibility index (Phi) is 6.37. The largest absolute Gasteiger partial charge is 0.469 e. The van der Waals surface area contributed by atoms with Crippen molar-refractivity contribution in [3.63, 3.8) is 0 Å². The number of carbonyl (C=O) groups excluding carboxylic acids is 1. The average Bonchev–Trinajstić information content (AvgIpc) is 2.62. The summed E-state index contributed by atoms with van der Waals surface area (Å²) in [4.78, 5) is 16.6. The van der Waals surface area contributed by atoms with Gasteiger partial charge in [-0.25, -0.2) is 0 Å². The number of rotatable bonds is 6. The van der Waals surface area contributed by atoms with E-state index in [4.69, 9.17) is 14.3 Å². The molecule has 24 heavy (non-hydrogen) atoms. The number of benzene rings is 2. The fourth-order valence-corrected chi connectivity index (χ4v) is 2.32. The van der Waals surface area contributed by atoms with Gasteiger partial charge < -0.3 is 14.3 Å². The SMILES string of the molecule is CCc1ccccc1O/C(=N/OC)c1ccccc1CC(=O)OC. The van der Waals surface area contributed by atoms with E-state index in [-0.39, 0.29) is 12.4 Å². The summed E-state index contributed by atoms with van der Waals surface area (Å²) in [5, 5.41) is 4.00. The number of ether oxygens (including phenoxy) is 2. The Bertz CT molecular complexity index is 725. The second-order valence-electron chi connectivity index (χ2n) is 5.05. The van der Waals surface area contributed by atoms with Crippen LogP contribution in [0, 0.1) is 0 Å². The predicted molar refractivity (Wildman–Crippen MR) is 92.2 cm³/mol. The van der Waals surface area contributed by atoms with Crippen LogP contribution in [-0.4, -0.2) is 26.1 Å². The predicted octanol–water partition coefficient (Wildman–Crippen LogP) is 3.35. The van der Waals surface area contributed by atoms with Gasteiger partial charge >= 0.3 is 5.97 Å². The summed E-state index contributed by atoms with van der Waals surface area (Å²) in [7, 11) is 2.82. The van der Waals surface area contributed by atoms with Crippen LogP contribution in [0.2, 0.25) is 0 Å². The van der Waals surface area contributed by atoms with E-state index in [2.05, 4.69) is 12.1 Å². The topological polar surface area (TPSA) is 57.1 Å². The zero-order chi connectivity index (χ0) is 17.4. The van der Waals surface area contributed by atoms with Crippen LogP contribution in [0.1, 0.15) is 23.6 Å². The molecular formula is C19H21NO4. The minimum atomic E-state index is -0.326. The Morgan fingerprint density at radius 3 is 2.33 bits per heavy atom. The van der Waals surface area contributed by atoms with Crippen LogP contribution in [0.4, 0.5) is 0 Å². The Balaban J connectivity index is 2.38. The Morgan fingerprint density at radius 2 is 1.67 bits per heavy atom. The summed E-state index contributed by atoms with van der Waals surface area (Å²) in [6.07, 6.45) is 0.967. The van der Waals surface area contributed by atoms with Crippen LogP contribution >= 0.6 is 0 Å². The number of para-hydroxylation sites is 1. The maximum absolute atomic E-state index is 11.6. The standard InChI is InChI=1S/C19H21NO4/c1-4-14-9-6-8-12-17(14)24-19(20-23-3)16-11-7-5-10-15(16)13-18(21)22-2/h5-12H,4,13H2,1-3H3/b20-19+. The first-order valence-electron chi connectivity index (χ1n) is 7.71. The molecule has 0 aliphatic carbocycles. The smallest absolute Gasteiger partial charge is 0.310 e. The summed E-state index contributed by atoms with van der Waals surface area (Å²) in [5.74, 6) is 0.690. The number of nitrogens with zero attached hydrogens (tertiary/aromatic N) is 1. The van der Waals surface area contributed by atoms with Crippen molar-refractivity contribution < 1.29 is 19.1 Å². The van der Waals surface area contributed by atoms with E-state index in [1.807, 2.05) is 48.5 Å². The van der Waals surface area contributed by atoms with E-state index >= 15 is 0 Å². The molecule has 0 spiro atoms. The number of oxime groups is 1. The van der Waals surface area contributed by atoms with Crippen LogP contribution in [0.15, 0.2) is 53.7 Å². The van der Waals surface area contributed by atoms with Gasteiger partial charge in [-0.05, 0) is 34.8 Å². The zero-order valence-electron chi connectivity index (χ0n) is 14.1. The monoisotopic (exact) mass is 327 g/mol. The highest BCUT2D eigenvalue weighted by molar-refractivity contribution is 5.97. The molecule has 0 aromatic heterocycles. The molecule has 2 rings (SSSR count). The van der Waals surface area contributed by atoms with Crippen molar-refractivity contribution >= 4 is 11.9 Å². The third-order valence-corrected chi connectivity index (χ3v) is 3.54. The molecule has 126 valence electrons. The summed E-state index contributed by atoms with van der Waals surface area (Å²) in [6.45, 7) is 2.06. The van der Waals surface area contributed by atoms with E-state index in [1.165, 1.54) is 14.2 Å². The van der Waals surface area contributed by atoms with E-state index in [0.717, 1.165) is 17.5 Å². The molecule has 0 heterocycles. The first-order chi connectivity index (χ1) is 11.7. The fourth-order valence-electron chi connectivity index (χ4n) is 2.32. The summed E-state index contributed by atoms with van der Waals surface area (Å²) < 4.78 is 10.7. The Labute approximate surface area is 141 Å². The van der Waals surface area contributed by atoms with Gasteiger partial charge in [0.2, 0.25) is 0 Å². The number of aryl methyl sites for hydroxylation is 1. The highest BCUT2D eigenvalue weighted by Gasteiger charge is 2.16. The number of esters is 1. The van der Waals surface area contributed by atoms with Gasteiger partial charge in [-0.15, -0.1) is 0 Å². The van der Waals surface area contributed by atoms with Crippen molar-refractivity contribution in [2.24, 2.45) is 5.16 Å². The van der Waals surface area contributed by atoms with Gasteiger partial charge in [-0.1, -0.05) is 43.3 Å². The molecule has 2 aromatic rings. The summed E-state index contributed by atoms with van der Waals surface area (Å²) in [5.41, 5.74) is 2.51. The molecule has 0 N–H and O–H groups in total. The first-order valence-corrected chi connectivity index (χ1v) is 7.71. The lowest BCUT2D eigenvalue weighted by molar-refractivity contribution is -0.139. The van der Waals surface area contributed by atoms with E-state index in [0.29, 0.717) is 17.2 Å². The lowest BCUT2D eigenvalue weighted by atomic mass is 10.0. The van der Waals surface area contributed by atoms with Crippen LogP contribution < -0.4 is 4.74 Å². The van der Waals surface area contributed by atoms with Crippen LogP contribution in [0.25, 0.3) is 0 Å². The van der Waals surface area contributed by atoms with Crippen molar-refractivity contribution in [1.82, 2.24) is 0 Å². The molecule has 0 amide bonds. The molecule has 0 aliphatic rings. The summed E-state index contributed by atoms with van der Waals surface area (Å²) in [6, 6.07) is 15.1. The van der Waals surface area contributed by atoms with Gasteiger partial charge in [0.15, 0.2) is 0 Å². The van der Waals surface area contributed by atoms with Crippen molar-refractivity contribution in [1.29, 1.82) is 0 Å². The van der Waals surface area contributed by atoms with Crippen LogP contribution in [0.3, 0.4) is 0 Å². The molecule has 0 unspecified atom stereocenters. The molecule has 0 atom stereocenters. The maximum Gasteiger partial charge on any atom is 0.310 e. The third kappa shape index (κ3) is 4.35. The highest BCUT2D eigenvalue weighted by atomic mass is 16.6. The maximum atomic E-state index is 11.6. The van der Waals surface area contributed by atoms with Crippen molar-refractivity contribution in [2.45, 2.75) is 19.8 Å². The Hall–Kier alpha value is -2.82. The zero-order valence-corrected chi connectivity index (χ0v) is 14.1. The van der Waals surface area contributed by atoms with Gasteiger partial charge in [0, 0.05) is 5.56 Å². The van der Waals surface area contributed by atoms with Crippen molar-refractivity contribution in [2.75, 3.05) is 14.2 Å². The molecule has 0 aliphatic heterocycles. The second-order valence-corrected chi connectivity index (χ2v) is 5.05. The first kappa shape index (κ1) is 17.5. The molecule has 0 radical (unpaired) electrons. The molecule has 0 saturated heterocycles. The number of hydrogen-bond acceptors (Lipinski definition) is 5. The molecule has 5 heteroatoms. The molecule has 2 aromatic carbocycles. The number of hydrogen-bond donors (Lipinski definition) is 0. The highest BCUT2D eigenvalue weighted by Crippen LogP contribution is 2.21. The Morgan fingerprint density at radius 1 is 1.00 bits per heavy atom. The van der Waals surface area contributed by atoms with Gasteiger partial charge in [0.05, 0.1) is 13.5 Å². The fraction of sp³-hybridized carbons (Fsp3) is 0.263. The van der Waals surface area contributed by atoms with Crippen LogP contribution in [0.5, 0.6) is 5.75 Å². The lowest BCUT2D eigenvalue weighted by Crippen LogP contribution is -2.16. The lowest BCUT2D eigenvalue weighted by Gasteiger charge is -2.14. The average molecular weight is 327 g/mol. The number of methoxy groups -OCH3 is 1. The second kappa shape index (κ2) is 8.72. The quantitative estimate of drug-likeness (QED) is 0.353. The van der Waals surface area contributed by atoms with Gasteiger partial charge in [-0.3, -0.25) is 4.79 Å². The normalized spacial score (nSPS) is 11.0. The van der Waals surface area contributed by atoms with E-state index < -0.39 is 0 Å². The van der Waals surface area contributed by atoms with E-state index in [1.54, 1.807) is 0 Å². The summed E-state index contributed by atoms with van der Waals surface area (Å²) >= 11 is 0. The molecule has 0 bridgehead atoms. The van der Waals surface area contributed by atoms with Gasteiger partial charge in [-0.2, -0.15) is 0 Å². The van der Waals surface area contributed by atoms with E-state index in [9.17, 15) is 4.79 Å². The number of carbonyl (C=O) groups is 1. The minimum Gasteiger partial charge on any atom is -0.469 e. The minimum absolute atomic E-state index is 0.133. The molecule has 5 nitrogen and oxygen atoms in total. The van der Waals surface area contributed by atoms with Crippen LogP contribution in [-0.2, 0) is 27.2 Å². The van der Waals surface area contributed by atoms with Gasteiger partial charge in [0.1, 0.15) is 12.9 Å². The van der Waals surface area contributed by atoms with Crippen molar-refractivity contribution in [3.05, 3.63) is 65.2 Å². The molecule has 0 fully saturated rings. The molecular weight excluding hydrogens is 306 g/mol. The molecule has 0 saturated carbocycles. The van der Waals surface area contributed by atoms with Crippen molar-refractivity contribution in [3.8, 4) is 5.75 Å². The third-order valence-electron chi connectivity index (χ3n) is 3.54. The van der Waals surface area contributed by atoms with Gasteiger partial charge in [0.25, 0.3) is 5.90 Å².